The Hall–Kier alpha value is -4.11. The minimum atomic E-state index is -0.994. The number of rotatable bonds is 7. The zero-order valence-electron chi connectivity index (χ0n) is 21.5. The Bertz CT molecular complexity index is 1730. The highest BCUT2D eigenvalue weighted by atomic mass is 32.1. The number of hydrogen-bond acceptors (Lipinski definition) is 7. The molecule has 7 rings (SSSR count). The highest BCUT2D eigenvalue weighted by Gasteiger charge is 2.28. The second-order valence-electron chi connectivity index (χ2n) is 10.2. The van der Waals surface area contributed by atoms with Crippen LogP contribution in [0.2, 0.25) is 0 Å². The van der Waals surface area contributed by atoms with Crippen molar-refractivity contribution < 1.29 is 24.1 Å². The van der Waals surface area contributed by atoms with Crippen LogP contribution in [0.15, 0.2) is 48.5 Å². The van der Waals surface area contributed by atoms with Gasteiger partial charge in [-0.05, 0) is 72.7 Å². The molecule has 1 saturated carbocycles. The van der Waals surface area contributed by atoms with Crippen molar-refractivity contribution >= 4 is 39.6 Å². The van der Waals surface area contributed by atoms with Crippen molar-refractivity contribution in [2.75, 3.05) is 13.7 Å². The first kappa shape index (κ1) is 24.0. The molecule has 0 radical (unpaired) electrons. The number of benzene rings is 3. The molecule has 2 aromatic heterocycles. The van der Waals surface area contributed by atoms with Gasteiger partial charge in [0, 0.05) is 30.0 Å². The lowest BCUT2D eigenvalue weighted by atomic mass is 9.98. The van der Waals surface area contributed by atoms with Gasteiger partial charge in [0.2, 0.25) is 0 Å². The molecule has 2 aliphatic rings. The highest BCUT2D eigenvalue weighted by Crippen LogP contribution is 2.43. The molecule has 0 spiro atoms. The van der Waals surface area contributed by atoms with E-state index in [4.69, 9.17) is 14.2 Å². The number of aromatic nitrogens is 3. The first-order chi connectivity index (χ1) is 19.1. The first-order valence-corrected chi connectivity index (χ1v) is 13.9. The van der Waals surface area contributed by atoms with Crippen LogP contribution < -0.4 is 14.2 Å². The second-order valence-corrected chi connectivity index (χ2v) is 10.7. The minimum Gasteiger partial charge on any atom is -0.493 e. The number of hydrogen-bond donors (Lipinski definition) is 1. The summed E-state index contributed by atoms with van der Waals surface area (Å²) in [7, 11) is 1.63. The number of carbonyl (C=O) groups is 1. The maximum Gasteiger partial charge on any atom is 0.353 e. The molecule has 1 N–H and O–H groups in total. The van der Waals surface area contributed by atoms with Crippen LogP contribution in [-0.4, -0.2) is 44.2 Å². The maximum absolute atomic E-state index is 13.0. The van der Waals surface area contributed by atoms with E-state index in [1.54, 1.807) is 7.11 Å². The Morgan fingerprint density at radius 3 is 2.74 bits per heavy atom. The Labute approximate surface area is 229 Å². The van der Waals surface area contributed by atoms with Crippen LogP contribution in [0.5, 0.6) is 17.2 Å². The number of aromatic carboxylic acids is 1. The Morgan fingerprint density at radius 2 is 1.92 bits per heavy atom. The van der Waals surface area contributed by atoms with Gasteiger partial charge in [-0.3, -0.25) is 0 Å². The van der Waals surface area contributed by atoms with Gasteiger partial charge in [-0.1, -0.05) is 12.1 Å². The summed E-state index contributed by atoms with van der Waals surface area (Å²) in [4.78, 5) is 13.0. The molecule has 0 unspecified atom stereocenters. The number of methoxy groups -OCH3 is 1. The summed E-state index contributed by atoms with van der Waals surface area (Å²) in [6, 6.07) is 15.7. The van der Waals surface area contributed by atoms with Crippen LogP contribution >= 0.6 is 11.7 Å². The molecule has 0 amide bonds. The predicted molar refractivity (Wildman–Crippen MR) is 149 cm³/mol. The van der Waals surface area contributed by atoms with E-state index in [0.717, 1.165) is 76.5 Å². The van der Waals surface area contributed by atoms with Crippen molar-refractivity contribution in [3.05, 3.63) is 65.4 Å². The summed E-state index contributed by atoms with van der Waals surface area (Å²) >= 11 is 1.17. The third-order valence-electron chi connectivity index (χ3n) is 7.78. The van der Waals surface area contributed by atoms with Crippen molar-refractivity contribution in [3.63, 3.8) is 0 Å². The predicted octanol–water partition coefficient (Wildman–Crippen LogP) is 6.32. The molecule has 0 atom stereocenters. The van der Waals surface area contributed by atoms with Crippen LogP contribution in [0.25, 0.3) is 33.1 Å². The van der Waals surface area contributed by atoms with E-state index in [9.17, 15) is 9.90 Å². The molecule has 3 aromatic carbocycles. The minimum absolute atomic E-state index is 0.134. The van der Waals surface area contributed by atoms with Crippen molar-refractivity contribution in [3.8, 4) is 28.4 Å². The van der Waals surface area contributed by atoms with E-state index in [0.29, 0.717) is 30.2 Å². The molecule has 0 saturated heterocycles. The smallest absolute Gasteiger partial charge is 0.353 e. The van der Waals surface area contributed by atoms with Crippen molar-refractivity contribution in [1.29, 1.82) is 0 Å². The summed E-state index contributed by atoms with van der Waals surface area (Å²) in [5.74, 6) is 1.10. The Kier molecular flexibility index (Phi) is 5.88. The van der Waals surface area contributed by atoms with Gasteiger partial charge in [0.05, 0.1) is 37.1 Å². The van der Waals surface area contributed by atoms with Crippen LogP contribution in [0, 0.1) is 0 Å². The highest BCUT2D eigenvalue weighted by molar-refractivity contribution is 7.00. The van der Waals surface area contributed by atoms with E-state index < -0.39 is 5.97 Å². The average molecular weight is 542 g/mol. The normalized spacial score (nSPS) is 15.1. The monoisotopic (exact) mass is 541 g/mol. The van der Waals surface area contributed by atoms with Gasteiger partial charge in [-0.2, -0.15) is 8.75 Å². The fourth-order valence-corrected chi connectivity index (χ4v) is 6.44. The molecule has 8 nitrogen and oxygen atoms in total. The lowest BCUT2D eigenvalue weighted by molar-refractivity contribution is 0.0687. The lowest BCUT2D eigenvalue weighted by Crippen LogP contribution is -2.12. The Balaban J connectivity index is 1.46. The van der Waals surface area contributed by atoms with Gasteiger partial charge in [0.1, 0.15) is 22.5 Å². The SMILES string of the molecule is COc1cc2c(-c3ccc4c(c3)CCO4)c(C(=O)O)n(Cc3ccc4nsnc4c3)c2cc1OC1CCCC1. The molecule has 9 heteroatoms. The molecule has 1 fully saturated rings. The fourth-order valence-electron chi connectivity index (χ4n) is 5.92. The summed E-state index contributed by atoms with van der Waals surface area (Å²) in [5.41, 5.74) is 6.16. The summed E-state index contributed by atoms with van der Waals surface area (Å²) < 4.78 is 28.5. The molecule has 1 aliphatic heterocycles. The summed E-state index contributed by atoms with van der Waals surface area (Å²) in [6.07, 6.45) is 5.24. The zero-order valence-corrected chi connectivity index (χ0v) is 22.3. The fraction of sp³-hybridized carbons (Fsp3) is 0.300. The molecule has 1 aliphatic carbocycles. The Morgan fingerprint density at radius 1 is 1.08 bits per heavy atom. The average Bonchev–Trinajstić information content (AvgIpc) is 3.74. The quantitative estimate of drug-likeness (QED) is 0.257. The standard InChI is InChI=1S/C30H27N3O5S/c1-36-26-14-21-24(15-27(26)38-20-4-2-3-5-20)33(16-17-6-8-22-23(12-17)32-39-31-22)29(30(34)35)28(21)19-7-9-25-18(13-19)10-11-37-25/h6-9,12-15,20H,2-5,10-11,16H2,1H3,(H,34,35). The van der Waals surface area contributed by atoms with Crippen LogP contribution in [0.3, 0.4) is 0 Å². The number of carboxylic acids is 1. The number of carboxylic acid groups (broad SMARTS) is 1. The third-order valence-corrected chi connectivity index (χ3v) is 8.34. The molecular weight excluding hydrogens is 514 g/mol. The molecule has 3 heterocycles. The van der Waals surface area contributed by atoms with E-state index in [1.165, 1.54) is 11.7 Å². The van der Waals surface area contributed by atoms with Gasteiger partial charge in [0.25, 0.3) is 0 Å². The molecule has 198 valence electrons. The lowest BCUT2D eigenvalue weighted by Gasteiger charge is -2.17. The third kappa shape index (κ3) is 4.17. The van der Waals surface area contributed by atoms with E-state index in [1.807, 2.05) is 47.0 Å². The number of nitrogens with zero attached hydrogens (tertiary/aromatic N) is 3. The molecule has 39 heavy (non-hydrogen) atoms. The van der Waals surface area contributed by atoms with Gasteiger partial charge in [-0.25, -0.2) is 4.79 Å². The van der Waals surface area contributed by atoms with E-state index in [-0.39, 0.29) is 11.8 Å². The van der Waals surface area contributed by atoms with Crippen LogP contribution in [-0.2, 0) is 13.0 Å². The summed E-state index contributed by atoms with van der Waals surface area (Å²) in [6.45, 7) is 0.991. The second kappa shape index (κ2) is 9.57. The van der Waals surface area contributed by atoms with E-state index in [2.05, 4.69) is 14.8 Å². The topological polar surface area (TPSA) is 95.7 Å². The number of ether oxygens (including phenoxy) is 3. The van der Waals surface area contributed by atoms with Gasteiger partial charge < -0.3 is 23.9 Å². The van der Waals surface area contributed by atoms with Gasteiger partial charge in [0.15, 0.2) is 11.5 Å². The molecule has 5 aromatic rings. The molecular formula is C30H27N3O5S. The van der Waals surface area contributed by atoms with Crippen molar-refractivity contribution in [2.24, 2.45) is 0 Å². The van der Waals surface area contributed by atoms with Crippen molar-refractivity contribution in [2.45, 2.75) is 44.8 Å². The van der Waals surface area contributed by atoms with Crippen LogP contribution in [0.4, 0.5) is 0 Å². The largest absolute Gasteiger partial charge is 0.493 e. The first-order valence-electron chi connectivity index (χ1n) is 13.2. The van der Waals surface area contributed by atoms with Crippen molar-refractivity contribution in [1.82, 2.24) is 13.3 Å². The van der Waals surface area contributed by atoms with E-state index >= 15 is 0 Å². The van der Waals surface area contributed by atoms with Crippen LogP contribution in [0.1, 0.15) is 47.3 Å². The number of fused-ring (bicyclic) bond motifs is 3. The van der Waals surface area contributed by atoms with Gasteiger partial charge in [-0.15, -0.1) is 0 Å². The molecule has 0 bridgehead atoms. The zero-order chi connectivity index (χ0) is 26.5. The van der Waals surface area contributed by atoms with Gasteiger partial charge >= 0.3 is 5.97 Å². The maximum atomic E-state index is 13.0. The summed E-state index contributed by atoms with van der Waals surface area (Å²) in [5, 5.41) is 11.4.